The molecule has 0 amide bonds. The molecule has 1 aliphatic rings. The van der Waals surface area contributed by atoms with Gasteiger partial charge in [0.1, 0.15) is 0 Å². The largest absolute Gasteiger partial charge is 0.389 e. The molecular weight excluding hydrogens is 186 g/mol. The average molecular weight is 191 g/mol. The zero-order valence-corrected chi connectivity index (χ0v) is 5.76. The summed E-state index contributed by atoms with van der Waals surface area (Å²) in [5, 5.41) is 0. The Labute approximate surface area is 64.6 Å². The van der Waals surface area contributed by atoms with Gasteiger partial charge in [-0.1, -0.05) is 0 Å². The van der Waals surface area contributed by atoms with Crippen molar-refractivity contribution in [2.24, 2.45) is 5.92 Å². The molecule has 0 heterocycles. The van der Waals surface area contributed by atoms with Crippen molar-refractivity contribution in [1.29, 1.82) is 0 Å². The maximum absolute atomic E-state index is 12.0. The zero-order chi connectivity index (χ0) is 9.57. The first kappa shape index (κ1) is 9.67. The minimum absolute atomic E-state index is 0.859. The molecule has 0 saturated heterocycles. The Morgan fingerprint density at radius 3 is 1.92 bits per heavy atom. The van der Waals surface area contributed by atoms with Crippen LogP contribution in [-0.4, -0.2) is 12.1 Å². The highest BCUT2D eigenvalue weighted by Crippen LogP contribution is 2.60. The summed E-state index contributed by atoms with van der Waals surface area (Å²) in [6.45, 7) is 0. The number of rotatable bonds is 2. The summed E-state index contributed by atoms with van der Waals surface area (Å²) < 4.78 is 70.2. The van der Waals surface area contributed by atoms with Crippen molar-refractivity contribution in [3.63, 3.8) is 0 Å². The highest BCUT2D eigenvalue weighted by Gasteiger charge is 2.71. The molecule has 71 valence electrons. The van der Waals surface area contributed by atoms with Gasteiger partial charge in [-0.25, -0.2) is 13.2 Å². The molecule has 12 heavy (non-hydrogen) atoms. The summed E-state index contributed by atoms with van der Waals surface area (Å²) in [4.78, 5) is 0. The smallest absolute Gasteiger partial charge is 0.233 e. The first-order valence-electron chi connectivity index (χ1n) is 3.22. The lowest BCUT2D eigenvalue weighted by Crippen LogP contribution is -2.08. The summed E-state index contributed by atoms with van der Waals surface area (Å²) in [7, 11) is 0. The van der Waals surface area contributed by atoms with E-state index in [0.29, 0.717) is 0 Å². The summed E-state index contributed by atoms with van der Waals surface area (Å²) in [6.07, 6.45) is -8.33. The quantitative estimate of drug-likeness (QED) is 0.588. The molecule has 0 nitrogen and oxygen atoms in total. The van der Waals surface area contributed by atoms with Crippen molar-refractivity contribution in [1.82, 2.24) is 0 Å². The fraction of sp³-hybridized carbons (Fsp3) is 0.833. The second-order valence-electron chi connectivity index (χ2n) is 2.68. The van der Waals surface area contributed by atoms with Crippen LogP contribution in [0.2, 0.25) is 0 Å². The Hall–Kier alpha value is -0.420. The second kappa shape index (κ2) is 2.53. The topological polar surface area (TPSA) is 0 Å². The van der Waals surface area contributed by atoms with E-state index in [4.69, 9.17) is 0 Å². The van der Waals surface area contributed by atoms with Crippen LogP contribution in [0.3, 0.4) is 0 Å². The predicted molar refractivity (Wildman–Crippen MR) is 28.1 cm³/mol. The van der Waals surface area contributed by atoms with Crippen LogP contribution in [-0.2, 0) is 0 Å². The molecule has 1 fully saturated rings. The summed E-state index contributed by atoms with van der Waals surface area (Å²) in [5.41, 5.74) is 0. The van der Waals surface area contributed by atoms with Crippen LogP contribution in [0.5, 0.6) is 0 Å². The minimum atomic E-state index is -4.49. The molecule has 6 heteroatoms. The fourth-order valence-corrected chi connectivity index (χ4v) is 0.914. The van der Waals surface area contributed by atoms with E-state index in [1.54, 1.807) is 0 Å². The molecule has 1 aliphatic carbocycles. The Morgan fingerprint density at radius 1 is 1.25 bits per heavy atom. The maximum atomic E-state index is 12.0. The van der Waals surface area contributed by atoms with Crippen molar-refractivity contribution in [2.75, 3.05) is 0 Å². The Balaban J connectivity index is 2.28. The molecule has 1 unspecified atom stereocenters. The molecule has 1 saturated carbocycles. The highest BCUT2D eigenvalue weighted by atomic mass is 19.4. The SMILES string of the molecule is F[C]1C(CCC(F)(F)F)C1(F)F. The van der Waals surface area contributed by atoms with Crippen LogP contribution >= 0.6 is 0 Å². The zero-order valence-electron chi connectivity index (χ0n) is 5.76. The molecule has 0 aromatic heterocycles. The standard InChI is InChI=1S/C6H5F6/c7-4-3(6(4,11)12)1-2-5(8,9)10/h3H,1-2H2. The number of halogens is 6. The van der Waals surface area contributed by atoms with Crippen LogP contribution in [0.15, 0.2) is 0 Å². The summed E-state index contributed by atoms with van der Waals surface area (Å²) in [5.74, 6) is -5.41. The van der Waals surface area contributed by atoms with Gasteiger partial charge in [0.15, 0.2) is 0 Å². The van der Waals surface area contributed by atoms with Gasteiger partial charge < -0.3 is 0 Å². The molecule has 0 N–H and O–H groups in total. The fourth-order valence-electron chi connectivity index (χ4n) is 0.914. The summed E-state index contributed by atoms with van der Waals surface area (Å²) >= 11 is 0. The molecular formula is C6H5F6. The monoisotopic (exact) mass is 191 g/mol. The molecule has 0 bridgehead atoms. The lowest BCUT2D eigenvalue weighted by atomic mass is 10.2. The van der Waals surface area contributed by atoms with Crippen molar-refractivity contribution in [2.45, 2.75) is 24.9 Å². The third-order valence-corrected chi connectivity index (χ3v) is 1.70. The first-order chi connectivity index (χ1) is 5.25. The third kappa shape index (κ3) is 1.84. The van der Waals surface area contributed by atoms with Crippen LogP contribution in [0.4, 0.5) is 26.3 Å². The van der Waals surface area contributed by atoms with Gasteiger partial charge in [0.25, 0.3) is 5.92 Å². The van der Waals surface area contributed by atoms with Gasteiger partial charge in [0.2, 0.25) is 6.17 Å². The average Bonchev–Trinajstić information content (AvgIpc) is 2.28. The molecule has 1 rings (SSSR count). The minimum Gasteiger partial charge on any atom is -0.233 e. The van der Waals surface area contributed by atoms with Crippen LogP contribution in [0.1, 0.15) is 12.8 Å². The lowest BCUT2D eigenvalue weighted by Gasteiger charge is -2.03. The van der Waals surface area contributed by atoms with Crippen LogP contribution in [0.25, 0.3) is 0 Å². The highest BCUT2D eigenvalue weighted by molar-refractivity contribution is 5.22. The first-order valence-corrected chi connectivity index (χ1v) is 3.22. The van der Waals surface area contributed by atoms with Gasteiger partial charge in [-0.15, -0.1) is 0 Å². The van der Waals surface area contributed by atoms with E-state index >= 15 is 0 Å². The molecule has 0 aromatic carbocycles. The van der Waals surface area contributed by atoms with Gasteiger partial charge in [-0.3, -0.25) is 0 Å². The number of hydrogen-bond donors (Lipinski definition) is 0. The van der Waals surface area contributed by atoms with Gasteiger partial charge in [-0.05, 0) is 6.42 Å². The van der Waals surface area contributed by atoms with Crippen molar-refractivity contribution >= 4 is 0 Å². The van der Waals surface area contributed by atoms with E-state index in [1.165, 1.54) is 0 Å². The van der Waals surface area contributed by atoms with Crippen molar-refractivity contribution in [3.05, 3.63) is 6.17 Å². The Kier molecular flexibility index (Phi) is 2.04. The normalized spacial score (nSPS) is 29.0. The van der Waals surface area contributed by atoms with Crippen LogP contribution in [0, 0.1) is 12.1 Å². The molecule has 0 aromatic rings. The third-order valence-electron chi connectivity index (χ3n) is 1.70. The van der Waals surface area contributed by atoms with E-state index in [0.717, 1.165) is 0 Å². The van der Waals surface area contributed by atoms with E-state index < -0.39 is 37.0 Å². The van der Waals surface area contributed by atoms with E-state index in [2.05, 4.69) is 0 Å². The van der Waals surface area contributed by atoms with Gasteiger partial charge in [-0.2, -0.15) is 13.2 Å². The summed E-state index contributed by atoms with van der Waals surface area (Å²) in [6, 6.07) is 0. The second-order valence-corrected chi connectivity index (χ2v) is 2.68. The van der Waals surface area contributed by atoms with E-state index in [-0.39, 0.29) is 0 Å². The molecule has 1 atom stereocenters. The molecule has 0 aliphatic heterocycles. The maximum Gasteiger partial charge on any atom is 0.389 e. The number of hydrogen-bond acceptors (Lipinski definition) is 0. The van der Waals surface area contributed by atoms with Gasteiger partial charge in [0.05, 0.1) is 5.92 Å². The molecule has 1 radical (unpaired) electrons. The predicted octanol–water partition coefficient (Wildman–Crippen LogP) is 3.10. The molecule has 0 spiro atoms. The van der Waals surface area contributed by atoms with Gasteiger partial charge >= 0.3 is 6.18 Å². The van der Waals surface area contributed by atoms with Crippen LogP contribution < -0.4 is 0 Å². The van der Waals surface area contributed by atoms with Gasteiger partial charge in [0, 0.05) is 6.42 Å². The van der Waals surface area contributed by atoms with Crippen molar-refractivity contribution in [3.8, 4) is 0 Å². The van der Waals surface area contributed by atoms with E-state index in [1.807, 2.05) is 0 Å². The Bertz CT molecular complexity index is 171. The number of alkyl halides is 5. The van der Waals surface area contributed by atoms with Crippen molar-refractivity contribution < 1.29 is 26.3 Å². The lowest BCUT2D eigenvalue weighted by molar-refractivity contribution is -0.137. The Morgan fingerprint density at radius 2 is 1.67 bits per heavy atom. The van der Waals surface area contributed by atoms with E-state index in [9.17, 15) is 26.3 Å².